The second-order valence-electron chi connectivity index (χ2n) is 3.33. The molecule has 2 aliphatic carbocycles. The molecule has 2 fully saturated rings. The van der Waals surface area contributed by atoms with Crippen molar-refractivity contribution in [2.24, 2.45) is 5.92 Å². The van der Waals surface area contributed by atoms with Crippen LogP contribution in [0, 0.1) is 5.92 Å². The first kappa shape index (κ1) is 6.89. The Morgan fingerprint density at radius 1 is 1.27 bits per heavy atom. The first-order valence-corrected chi connectivity index (χ1v) is 4.23. The summed E-state index contributed by atoms with van der Waals surface area (Å²) in [5, 5.41) is 0. The van der Waals surface area contributed by atoms with E-state index in [0.29, 0.717) is 5.92 Å². The van der Waals surface area contributed by atoms with Gasteiger partial charge in [0, 0.05) is 6.08 Å². The van der Waals surface area contributed by atoms with Crippen LogP contribution < -0.4 is 0 Å². The summed E-state index contributed by atoms with van der Waals surface area (Å²) < 4.78 is 5.01. The van der Waals surface area contributed by atoms with Crippen LogP contribution in [0.2, 0.25) is 0 Å². The Labute approximate surface area is 66.2 Å². The molecular weight excluding hydrogens is 140 g/mol. The van der Waals surface area contributed by atoms with Crippen molar-refractivity contribution in [1.29, 1.82) is 0 Å². The average Bonchev–Trinajstić information content (AvgIpc) is 2.80. The van der Waals surface area contributed by atoms with Crippen LogP contribution in [0.15, 0.2) is 12.2 Å². The van der Waals surface area contributed by atoms with Crippen LogP contribution in [0.25, 0.3) is 0 Å². The lowest BCUT2D eigenvalue weighted by atomic mass is 10.4. The Bertz CT molecular complexity index is 188. The van der Waals surface area contributed by atoms with Gasteiger partial charge in [-0.2, -0.15) is 0 Å². The van der Waals surface area contributed by atoms with Crippen molar-refractivity contribution in [2.75, 3.05) is 0 Å². The molecule has 0 unspecified atom stereocenters. The van der Waals surface area contributed by atoms with E-state index in [4.69, 9.17) is 4.74 Å². The standard InChI is InChI=1S/C9H12O2/c10-9(11-8-4-5-8)6-3-7-1-2-7/h3,6-8H,1-2,4-5H2/b6-3+. The fourth-order valence-corrected chi connectivity index (χ4v) is 0.893. The second-order valence-corrected chi connectivity index (χ2v) is 3.33. The summed E-state index contributed by atoms with van der Waals surface area (Å²) in [5.41, 5.74) is 0. The Kier molecular flexibility index (Phi) is 1.68. The van der Waals surface area contributed by atoms with Gasteiger partial charge in [0.1, 0.15) is 6.10 Å². The van der Waals surface area contributed by atoms with Crippen LogP contribution >= 0.6 is 0 Å². The van der Waals surface area contributed by atoms with Crippen molar-refractivity contribution in [3.8, 4) is 0 Å². The Morgan fingerprint density at radius 2 is 2.00 bits per heavy atom. The van der Waals surface area contributed by atoms with Gasteiger partial charge in [0.25, 0.3) is 0 Å². The SMILES string of the molecule is O=C(/C=C/C1CC1)OC1CC1. The highest BCUT2D eigenvalue weighted by atomic mass is 16.5. The number of hydrogen-bond acceptors (Lipinski definition) is 2. The number of esters is 1. The highest BCUT2D eigenvalue weighted by Crippen LogP contribution is 2.30. The normalized spacial score (nSPS) is 24.0. The third-order valence-electron chi connectivity index (χ3n) is 1.93. The van der Waals surface area contributed by atoms with E-state index in [9.17, 15) is 4.79 Å². The predicted molar refractivity (Wildman–Crippen MR) is 41.0 cm³/mol. The number of carbonyl (C=O) groups excluding carboxylic acids is 1. The van der Waals surface area contributed by atoms with Gasteiger partial charge >= 0.3 is 5.97 Å². The summed E-state index contributed by atoms with van der Waals surface area (Å²) in [6.45, 7) is 0. The van der Waals surface area contributed by atoms with Gasteiger partial charge in [-0.25, -0.2) is 4.79 Å². The molecule has 0 saturated heterocycles. The van der Waals surface area contributed by atoms with E-state index in [1.54, 1.807) is 6.08 Å². The maximum Gasteiger partial charge on any atom is 0.330 e. The van der Waals surface area contributed by atoms with Gasteiger partial charge in [-0.1, -0.05) is 6.08 Å². The summed E-state index contributed by atoms with van der Waals surface area (Å²) >= 11 is 0. The lowest BCUT2D eigenvalue weighted by molar-refractivity contribution is -0.138. The van der Waals surface area contributed by atoms with Crippen LogP contribution in [0.4, 0.5) is 0 Å². The number of ether oxygens (including phenoxy) is 1. The van der Waals surface area contributed by atoms with Gasteiger partial charge in [0.2, 0.25) is 0 Å². The number of carbonyl (C=O) groups is 1. The monoisotopic (exact) mass is 152 g/mol. The van der Waals surface area contributed by atoms with Crippen molar-refractivity contribution >= 4 is 5.97 Å². The molecule has 2 aliphatic rings. The molecule has 0 aromatic heterocycles. The molecule has 0 heterocycles. The maximum atomic E-state index is 10.9. The van der Waals surface area contributed by atoms with Gasteiger partial charge in [0.15, 0.2) is 0 Å². The van der Waals surface area contributed by atoms with Crippen LogP contribution in [0.3, 0.4) is 0 Å². The van der Waals surface area contributed by atoms with Crippen molar-refractivity contribution in [3.63, 3.8) is 0 Å². The lowest BCUT2D eigenvalue weighted by Crippen LogP contribution is -2.01. The van der Waals surface area contributed by atoms with Crippen LogP contribution in [0.1, 0.15) is 25.7 Å². The predicted octanol–water partition coefficient (Wildman–Crippen LogP) is 1.66. The molecule has 0 atom stereocenters. The molecule has 0 aliphatic heterocycles. The molecule has 11 heavy (non-hydrogen) atoms. The van der Waals surface area contributed by atoms with Crippen molar-refractivity contribution in [1.82, 2.24) is 0 Å². The first-order valence-electron chi connectivity index (χ1n) is 4.23. The fourth-order valence-electron chi connectivity index (χ4n) is 0.893. The molecule has 0 radical (unpaired) electrons. The molecule has 0 spiro atoms. The van der Waals surface area contributed by atoms with Crippen LogP contribution in [-0.2, 0) is 9.53 Å². The zero-order valence-electron chi connectivity index (χ0n) is 6.45. The zero-order chi connectivity index (χ0) is 7.68. The molecule has 2 rings (SSSR count). The quantitative estimate of drug-likeness (QED) is 0.454. The highest BCUT2D eigenvalue weighted by Gasteiger charge is 2.25. The second kappa shape index (κ2) is 2.68. The van der Waals surface area contributed by atoms with Crippen molar-refractivity contribution < 1.29 is 9.53 Å². The molecule has 0 aromatic rings. The lowest BCUT2D eigenvalue weighted by Gasteiger charge is -1.95. The van der Waals surface area contributed by atoms with Crippen molar-refractivity contribution in [3.05, 3.63) is 12.2 Å². The fraction of sp³-hybridized carbons (Fsp3) is 0.667. The van der Waals surface area contributed by atoms with E-state index in [2.05, 4.69) is 0 Å². The summed E-state index contributed by atoms with van der Waals surface area (Å²) in [6, 6.07) is 0. The smallest absolute Gasteiger partial charge is 0.330 e. The van der Waals surface area contributed by atoms with Crippen molar-refractivity contribution in [2.45, 2.75) is 31.8 Å². The van der Waals surface area contributed by atoms with Gasteiger partial charge in [-0.15, -0.1) is 0 Å². The Hall–Kier alpha value is -0.790. The minimum atomic E-state index is -0.153. The van der Waals surface area contributed by atoms with E-state index >= 15 is 0 Å². The molecule has 0 N–H and O–H groups in total. The largest absolute Gasteiger partial charge is 0.459 e. The molecule has 2 nitrogen and oxygen atoms in total. The van der Waals surface area contributed by atoms with E-state index in [1.165, 1.54) is 12.8 Å². The Balaban J connectivity index is 1.70. The minimum Gasteiger partial charge on any atom is -0.459 e. The third kappa shape index (κ3) is 2.37. The molecule has 2 saturated carbocycles. The van der Waals surface area contributed by atoms with E-state index in [0.717, 1.165) is 12.8 Å². The number of allylic oxidation sites excluding steroid dienone is 1. The minimum absolute atomic E-state index is 0.153. The number of rotatable bonds is 3. The van der Waals surface area contributed by atoms with Gasteiger partial charge in [-0.3, -0.25) is 0 Å². The van der Waals surface area contributed by atoms with E-state index in [1.807, 2.05) is 6.08 Å². The molecule has 0 aromatic carbocycles. The zero-order valence-corrected chi connectivity index (χ0v) is 6.45. The molecule has 0 amide bonds. The van der Waals surface area contributed by atoms with E-state index in [-0.39, 0.29) is 12.1 Å². The van der Waals surface area contributed by atoms with Gasteiger partial charge < -0.3 is 4.74 Å². The highest BCUT2D eigenvalue weighted by molar-refractivity contribution is 5.82. The molecule has 0 bridgehead atoms. The molecular formula is C9H12O2. The first-order chi connectivity index (χ1) is 5.34. The summed E-state index contributed by atoms with van der Waals surface area (Å²) in [5.74, 6) is 0.515. The molecule has 2 heteroatoms. The topological polar surface area (TPSA) is 26.3 Å². The van der Waals surface area contributed by atoms with Gasteiger partial charge in [0.05, 0.1) is 0 Å². The summed E-state index contributed by atoms with van der Waals surface area (Å²) in [7, 11) is 0. The Morgan fingerprint density at radius 3 is 2.55 bits per heavy atom. The molecule has 60 valence electrons. The summed E-state index contributed by atoms with van der Waals surface area (Å²) in [6.07, 6.45) is 8.39. The summed E-state index contributed by atoms with van der Waals surface area (Å²) in [4.78, 5) is 10.9. The average molecular weight is 152 g/mol. The number of hydrogen-bond donors (Lipinski definition) is 0. The maximum absolute atomic E-state index is 10.9. The van der Waals surface area contributed by atoms with Crippen LogP contribution in [-0.4, -0.2) is 12.1 Å². The van der Waals surface area contributed by atoms with Crippen LogP contribution in [0.5, 0.6) is 0 Å². The third-order valence-corrected chi connectivity index (χ3v) is 1.93. The van der Waals surface area contributed by atoms with Gasteiger partial charge in [-0.05, 0) is 31.6 Å². The van der Waals surface area contributed by atoms with E-state index < -0.39 is 0 Å².